The fourth-order valence-corrected chi connectivity index (χ4v) is 5.82. The summed E-state index contributed by atoms with van der Waals surface area (Å²) in [6.07, 6.45) is 0. The number of amides is 2. The fraction of sp³-hybridized carbons (Fsp3) is 0.286. The van der Waals surface area contributed by atoms with E-state index in [0.29, 0.717) is 28.0 Å². The molecule has 0 unspecified atom stereocenters. The molecule has 0 aromatic heterocycles. The van der Waals surface area contributed by atoms with Crippen LogP contribution in [0.25, 0.3) is 0 Å². The van der Waals surface area contributed by atoms with Gasteiger partial charge in [0.15, 0.2) is 0 Å². The second-order valence-electron chi connectivity index (χ2n) is 8.76. The molecular weight excluding hydrogens is 561 g/mol. The maximum atomic E-state index is 13.8. The lowest BCUT2D eigenvalue weighted by molar-refractivity contribution is -0.139. The number of ether oxygens (including phenoxy) is 1. The Bertz CT molecular complexity index is 1390. The monoisotopic (exact) mass is 591 g/mol. The number of anilines is 1. The Morgan fingerprint density at radius 2 is 1.56 bits per heavy atom. The molecule has 2 amide bonds. The average Bonchev–Trinajstić information content (AvgIpc) is 2.91. The summed E-state index contributed by atoms with van der Waals surface area (Å²) in [6, 6.07) is 16.7. The number of aryl methyl sites for hydroxylation is 1. The minimum absolute atomic E-state index is 0.0230. The standard InChI is InChI=1S/C28H31Cl2N3O5S/c1-5-38-22-13-11-21(12-14-22)33(39(36,37)23-15-9-19(2)10-16-23)18-27(34)32(20(3)28(35)31-4)17-24-25(29)7-6-8-26(24)30/h6-16,20H,5,17-18H2,1-4H3,(H,31,35)/t20-/m0/s1. The van der Waals surface area contributed by atoms with Crippen LogP contribution in [-0.2, 0) is 26.2 Å². The summed E-state index contributed by atoms with van der Waals surface area (Å²) in [7, 11) is -2.72. The Balaban J connectivity index is 2.06. The van der Waals surface area contributed by atoms with Gasteiger partial charge in [0, 0.05) is 29.2 Å². The summed E-state index contributed by atoms with van der Waals surface area (Å²) in [5.74, 6) is -0.490. The number of benzene rings is 3. The van der Waals surface area contributed by atoms with Crippen molar-refractivity contribution in [1.82, 2.24) is 10.2 Å². The van der Waals surface area contributed by atoms with Crippen LogP contribution < -0.4 is 14.4 Å². The van der Waals surface area contributed by atoms with E-state index in [9.17, 15) is 18.0 Å². The molecule has 0 saturated heterocycles. The molecule has 0 spiro atoms. The van der Waals surface area contributed by atoms with E-state index >= 15 is 0 Å². The number of rotatable bonds is 11. The van der Waals surface area contributed by atoms with Gasteiger partial charge in [-0.3, -0.25) is 13.9 Å². The molecule has 0 heterocycles. The van der Waals surface area contributed by atoms with Crippen molar-refractivity contribution in [2.75, 3.05) is 24.5 Å². The lowest BCUT2D eigenvalue weighted by Crippen LogP contribution is -2.50. The first-order valence-electron chi connectivity index (χ1n) is 12.3. The minimum atomic E-state index is -4.17. The predicted octanol–water partition coefficient (Wildman–Crippen LogP) is 5.06. The maximum Gasteiger partial charge on any atom is 0.264 e. The van der Waals surface area contributed by atoms with Crippen molar-refractivity contribution < 1.29 is 22.7 Å². The zero-order valence-corrected chi connectivity index (χ0v) is 24.5. The van der Waals surface area contributed by atoms with Crippen molar-refractivity contribution in [2.45, 2.75) is 38.3 Å². The van der Waals surface area contributed by atoms with Crippen LogP contribution in [0.15, 0.2) is 71.6 Å². The van der Waals surface area contributed by atoms with E-state index < -0.39 is 34.4 Å². The Hall–Kier alpha value is -3.27. The third-order valence-electron chi connectivity index (χ3n) is 6.13. The second kappa shape index (κ2) is 13.2. The van der Waals surface area contributed by atoms with Gasteiger partial charge in [0.1, 0.15) is 18.3 Å². The molecule has 0 radical (unpaired) electrons. The minimum Gasteiger partial charge on any atom is -0.494 e. The molecule has 39 heavy (non-hydrogen) atoms. The molecule has 1 atom stereocenters. The van der Waals surface area contributed by atoms with Gasteiger partial charge >= 0.3 is 0 Å². The lowest BCUT2D eigenvalue weighted by Gasteiger charge is -2.32. The molecule has 0 saturated carbocycles. The molecular formula is C28H31Cl2N3O5S. The molecule has 0 aliphatic carbocycles. The highest BCUT2D eigenvalue weighted by Crippen LogP contribution is 2.29. The smallest absolute Gasteiger partial charge is 0.264 e. The number of hydrogen-bond donors (Lipinski definition) is 1. The van der Waals surface area contributed by atoms with Crippen molar-refractivity contribution in [3.05, 3.63) is 87.9 Å². The number of likely N-dealkylation sites (N-methyl/N-ethyl adjacent to an activating group) is 1. The van der Waals surface area contributed by atoms with Gasteiger partial charge in [0.05, 0.1) is 17.2 Å². The molecule has 11 heteroatoms. The van der Waals surface area contributed by atoms with Gasteiger partial charge in [-0.2, -0.15) is 0 Å². The third kappa shape index (κ3) is 7.23. The lowest BCUT2D eigenvalue weighted by atomic mass is 10.1. The van der Waals surface area contributed by atoms with E-state index in [1.54, 1.807) is 61.5 Å². The molecule has 3 aromatic carbocycles. The molecule has 208 valence electrons. The van der Waals surface area contributed by atoms with Gasteiger partial charge < -0.3 is 15.0 Å². The number of nitrogens with one attached hydrogen (secondary N) is 1. The van der Waals surface area contributed by atoms with Crippen molar-refractivity contribution in [1.29, 1.82) is 0 Å². The normalized spacial score (nSPS) is 11.9. The number of carbonyl (C=O) groups excluding carboxylic acids is 2. The zero-order chi connectivity index (χ0) is 28.7. The van der Waals surface area contributed by atoms with Gasteiger partial charge in [0.2, 0.25) is 11.8 Å². The molecule has 0 aliphatic rings. The summed E-state index contributed by atoms with van der Waals surface area (Å²) in [5.41, 5.74) is 1.59. The molecule has 0 fully saturated rings. The number of halogens is 2. The summed E-state index contributed by atoms with van der Waals surface area (Å²) in [6.45, 7) is 5.01. The number of sulfonamides is 1. The van der Waals surface area contributed by atoms with E-state index in [2.05, 4.69) is 5.32 Å². The molecule has 3 aromatic rings. The van der Waals surface area contributed by atoms with E-state index in [-0.39, 0.29) is 17.1 Å². The summed E-state index contributed by atoms with van der Waals surface area (Å²) in [5, 5.41) is 3.17. The largest absolute Gasteiger partial charge is 0.494 e. The van der Waals surface area contributed by atoms with Crippen LogP contribution in [-0.4, -0.2) is 51.4 Å². The van der Waals surface area contributed by atoms with Gasteiger partial charge in [-0.25, -0.2) is 8.42 Å². The van der Waals surface area contributed by atoms with E-state index in [4.69, 9.17) is 27.9 Å². The van der Waals surface area contributed by atoms with Crippen LogP contribution >= 0.6 is 23.2 Å². The van der Waals surface area contributed by atoms with Gasteiger partial charge in [0.25, 0.3) is 10.0 Å². The highest BCUT2D eigenvalue weighted by Gasteiger charge is 2.33. The topological polar surface area (TPSA) is 96.0 Å². The first kappa shape index (κ1) is 30.3. The number of hydrogen-bond acceptors (Lipinski definition) is 5. The Morgan fingerprint density at radius 3 is 2.10 bits per heavy atom. The first-order valence-corrected chi connectivity index (χ1v) is 14.4. The Kier molecular flexibility index (Phi) is 10.2. The number of nitrogens with zero attached hydrogens (tertiary/aromatic N) is 2. The molecule has 3 rings (SSSR count). The molecule has 1 N–H and O–H groups in total. The van der Waals surface area contributed by atoms with Crippen molar-refractivity contribution in [3.63, 3.8) is 0 Å². The Labute approximate surface area is 239 Å². The van der Waals surface area contributed by atoms with E-state index in [1.165, 1.54) is 24.1 Å². The maximum absolute atomic E-state index is 13.8. The SMILES string of the molecule is CCOc1ccc(N(CC(=O)N(Cc2c(Cl)cccc2Cl)[C@@H](C)C(=O)NC)S(=O)(=O)c2ccc(C)cc2)cc1. The predicted molar refractivity (Wildman–Crippen MR) is 154 cm³/mol. The van der Waals surface area contributed by atoms with Crippen molar-refractivity contribution in [2.24, 2.45) is 0 Å². The highest BCUT2D eigenvalue weighted by molar-refractivity contribution is 7.92. The quantitative estimate of drug-likeness (QED) is 0.336. The zero-order valence-electron chi connectivity index (χ0n) is 22.1. The van der Waals surface area contributed by atoms with Gasteiger partial charge in [-0.05, 0) is 69.3 Å². The van der Waals surface area contributed by atoms with Gasteiger partial charge in [-0.15, -0.1) is 0 Å². The van der Waals surface area contributed by atoms with Gasteiger partial charge in [-0.1, -0.05) is 47.0 Å². The van der Waals surface area contributed by atoms with Crippen LogP contribution in [0, 0.1) is 6.92 Å². The molecule has 8 nitrogen and oxygen atoms in total. The molecule has 0 aliphatic heterocycles. The fourth-order valence-electron chi connectivity index (χ4n) is 3.89. The van der Waals surface area contributed by atoms with E-state index in [1.807, 2.05) is 13.8 Å². The second-order valence-corrected chi connectivity index (χ2v) is 11.4. The number of carbonyl (C=O) groups is 2. The van der Waals surface area contributed by atoms with Crippen LogP contribution in [0.1, 0.15) is 25.0 Å². The van der Waals surface area contributed by atoms with Crippen LogP contribution in [0.3, 0.4) is 0 Å². The van der Waals surface area contributed by atoms with Crippen molar-refractivity contribution in [3.8, 4) is 5.75 Å². The summed E-state index contributed by atoms with van der Waals surface area (Å²) >= 11 is 12.7. The van der Waals surface area contributed by atoms with E-state index in [0.717, 1.165) is 9.87 Å². The first-order chi connectivity index (χ1) is 18.5. The van der Waals surface area contributed by atoms with Crippen LogP contribution in [0.2, 0.25) is 10.0 Å². The third-order valence-corrected chi connectivity index (χ3v) is 8.62. The molecule has 0 bridgehead atoms. The summed E-state index contributed by atoms with van der Waals surface area (Å²) < 4.78 is 34.2. The van der Waals surface area contributed by atoms with Crippen LogP contribution in [0.5, 0.6) is 5.75 Å². The van der Waals surface area contributed by atoms with Crippen molar-refractivity contribution >= 4 is 50.7 Å². The van der Waals surface area contributed by atoms with Crippen LogP contribution in [0.4, 0.5) is 5.69 Å². The Morgan fingerprint density at radius 1 is 0.974 bits per heavy atom. The highest BCUT2D eigenvalue weighted by atomic mass is 35.5. The average molecular weight is 593 g/mol. The summed E-state index contributed by atoms with van der Waals surface area (Å²) in [4.78, 5) is 27.7.